The minimum Gasteiger partial charge on any atom is -0.484 e. The second-order valence-corrected chi connectivity index (χ2v) is 11.3. The van der Waals surface area contributed by atoms with Gasteiger partial charge in [-0.15, -0.1) is 11.8 Å². The van der Waals surface area contributed by atoms with E-state index in [4.69, 9.17) is 14.2 Å². The van der Waals surface area contributed by atoms with Gasteiger partial charge < -0.3 is 19.1 Å². The maximum Gasteiger partial charge on any atom is 0.338 e. The van der Waals surface area contributed by atoms with Gasteiger partial charge in [0, 0.05) is 18.0 Å². The lowest BCUT2D eigenvalue weighted by atomic mass is 9.96. The van der Waals surface area contributed by atoms with Gasteiger partial charge >= 0.3 is 5.97 Å². The van der Waals surface area contributed by atoms with E-state index in [1.165, 1.54) is 11.3 Å². The predicted molar refractivity (Wildman–Crippen MR) is 158 cm³/mol. The van der Waals surface area contributed by atoms with Crippen molar-refractivity contribution in [1.82, 2.24) is 9.47 Å². The molecule has 41 heavy (non-hydrogen) atoms. The molecular formula is C30H31N3O6S2. The number of rotatable bonds is 8. The molecule has 5 rings (SSSR count). The first-order valence-electron chi connectivity index (χ1n) is 13.3. The minimum absolute atomic E-state index is 0.0436. The van der Waals surface area contributed by atoms with Crippen molar-refractivity contribution in [3.8, 4) is 5.75 Å². The molecule has 1 amide bonds. The Balaban J connectivity index is 1.44. The summed E-state index contributed by atoms with van der Waals surface area (Å²) < 4.78 is 18.4. The topological polar surface area (TPSA) is 99.4 Å². The quantitative estimate of drug-likeness (QED) is 0.293. The Morgan fingerprint density at radius 3 is 2.49 bits per heavy atom. The van der Waals surface area contributed by atoms with Crippen molar-refractivity contribution in [3.63, 3.8) is 0 Å². The summed E-state index contributed by atoms with van der Waals surface area (Å²) in [5.41, 5.74) is 2.25. The van der Waals surface area contributed by atoms with Crippen molar-refractivity contribution in [1.29, 1.82) is 0 Å². The lowest BCUT2D eigenvalue weighted by Crippen LogP contribution is -2.42. The van der Waals surface area contributed by atoms with E-state index in [9.17, 15) is 14.4 Å². The molecule has 1 atom stereocenters. The van der Waals surface area contributed by atoms with Gasteiger partial charge in [-0.2, -0.15) is 0 Å². The lowest BCUT2D eigenvalue weighted by molar-refractivity contribution is -0.139. The van der Waals surface area contributed by atoms with Gasteiger partial charge in [-0.3, -0.25) is 14.2 Å². The smallest absolute Gasteiger partial charge is 0.338 e. The van der Waals surface area contributed by atoms with Gasteiger partial charge in [-0.05, 0) is 61.6 Å². The first-order chi connectivity index (χ1) is 19.9. The van der Waals surface area contributed by atoms with Crippen molar-refractivity contribution in [3.05, 3.63) is 90.6 Å². The molecule has 0 aliphatic carbocycles. The fourth-order valence-electron chi connectivity index (χ4n) is 4.75. The van der Waals surface area contributed by atoms with Crippen LogP contribution in [0, 0.1) is 0 Å². The van der Waals surface area contributed by atoms with Crippen LogP contribution in [0.3, 0.4) is 0 Å². The largest absolute Gasteiger partial charge is 0.484 e. The summed E-state index contributed by atoms with van der Waals surface area (Å²) in [6.45, 7) is 5.93. The van der Waals surface area contributed by atoms with Crippen LogP contribution in [0.5, 0.6) is 5.75 Å². The van der Waals surface area contributed by atoms with Gasteiger partial charge in [0.25, 0.3) is 11.5 Å². The zero-order valence-corrected chi connectivity index (χ0v) is 24.8. The number of benzene rings is 2. The Hall–Kier alpha value is -3.67. The standard InChI is InChI=1S/C30H31N3O6S2/c1-4-38-29(36)26-19(2)31-30-33(27(26)21-7-11-23(40-3)12-8-21)28(35)24(41-30)17-20-5-9-22(10-6-20)39-18-25(34)32-13-15-37-16-14-32/h5-12,17,27H,4,13-16,18H2,1-3H3/b24-17+/t27-/m0/s1. The number of thioether (sulfide) groups is 1. The molecule has 2 aliphatic rings. The van der Waals surface area contributed by atoms with Crippen molar-refractivity contribution in [2.75, 3.05) is 45.8 Å². The van der Waals surface area contributed by atoms with Crippen LogP contribution in [-0.4, -0.2) is 67.1 Å². The number of aromatic nitrogens is 1. The highest BCUT2D eigenvalue weighted by Crippen LogP contribution is 2.31. The van der Waals surface area contributed by atoms with Crippen LogP contribution in [0.25, 0.3) is 6.08 Å². The number of fused-ring (bicyclic) bond motifs is 1. The summed E-state index contributed by atoms with van der Waals surface area (Å²) in [4.78, 5) is 47.2. The summed E-state index contributed by atoms with van der Waals surface area (Å²) in [5, 5.41) is 0. The van der Waals surface area contributed by atoms with E-state index in [-0.39, 0.29) is 24.7 Å². The third-order valence-electron chi connectivity index (χ3n) is 6.85. The van der Waals surface area contributed by atoms with Gasteiger partial charge in [-0.25, -0.2) is 9.79 Å². The van der Waals surface area contributed by atoms with Gasteiger partial charge in [0.15, 0.2) is 11.4 Å². The van der Waals surface area contributed by atoms with Gasteiger partial charge in [0.05, 0.1) is 41.7 Å². The van der Waals surface area contributed by atoms with E-state index < -0.39 is 12.0 Å². The number of nitrogens with zero attached hydrogens (tertiary/aromatic N) is 3. The SMILES string of the molecule is CCOC(=O)C1=C(C)N=c2s/c(=C/c3ccc(OCC(=O)N4CCOCC4)cc3)c(=O)n2[C@H]1c1ccc(SC)cc1. The van der Waals surface area contributed by atoms with Crippen LogP contribution in [0.4, 0.5) is 0 Å². The summed E-state index contributed by atoms with van der Waals surface area (Å²) in [5.74, 6) is 0.00637. The summed E-state index contributed by atoms with van der Waals surface area (Å²) in [7, 11) is 0. The number of carbonyl (C=O) groups is 2. The van der Waals surface area contributed by atoms with Crippen LogP contribution in [-0.2, 0) is 19.1 Å². The molecule has 0 spiro atoms. The first-order valence-corrected chi connectivity index (χ1v) is 15.4. The van der Waals surface area contributed by atoms with Crippen molar-refractivity contribution in [2.24, 2.45) is 4.99 Å². The van der Waals surface area contributed by atoms with E-state index in [0.717, 1.165) is 16.0 Å². The van der Waals surface area contributed by atoms with Crippen molar-refractivity contribution < 1.29 is 23.8 Å². The van der Waals surface area contributed by atoms with E-state index >= 15 is 0 Å². The number of hydrogen-bond acceptors (Lipinski definition) is 9. The average Bonchev–Trinajstić information content (AvgIpc) is 3.30. The van der Waals surface area contributed by atoms with Gasteiger partial charge in [-0.1, -0.05) is 35.6 Å². The molecule has 11 heteroatoms. The Labute approximate surface area is 245 Å². The van der Waals surface area contributed by atoms with E-state index in [1.54, 1.807) is 53.3 Å². The molecule has 0 saturated carbocycles. The van der Waals surface area contributed by atoms with Crippen LogP contribution in [0.1, 0.15) is 31.0 Å². The van der Waals surface area contributed by atoms with E-state index in [0.29, 0.717) is 52.7 Å². The van der Waals surface area contributed by atoms with E-state index in [2.05, 4.69) is 4.99 Å². The maximum absolute atomic E-state index is 13.8. The maximum atomic E-state index is 13.8. The highest BCUT2D eigenvalue weighted by atomic mass is 32.2. The lowest BCUT2D eigenvalue weighted by Gasteiger charge is -2.26. The van der Waals surface area contributed by atoms with Crippen LogP contribution < -0.4 is 19.6 Å². The molecule has 2 aromatic carbocycles. The fourth-order valence-corrected chi connectivity index (χ4v) is 6.21. The predicted octanol–water partition coefficient (Wildman–Crippen LogP) is 2.76. The van der Waals surface area contributed by atoms with Crippen LogP contribution in [0.2, 0.25) is 0 Å². The second-order valence-electron chi connectivity index (χ2n) is 9.43. The number of hydrogen-bond donors (Lipinski definition) is 0. The normalized spacial score (nSPS) is 17.2. The number of esters is 1. The third-order valence-corrected chi connectivity index (χ3v) is 8.58. The number of amides is 1. The molecule has 1 saturated heterocycles. The number of allylic oxidation sites excluding steroid dienone is 1. The number of morpholine rings is 1. The Morgan fingerprint density at radius 1 is 1.12 bits per heavy atom. The second kappa shape index (κ2) is 12.9. The number of ether oxygens (including phenoxy) is 3. The highest BCUT2D eigenvalue weighted by molar-refractivity contribution is 7.98. The number of thiazole rings is 1. The van der Waals surface area contributed by atoms with Gasteiger partial charge in [0.1, 0.15) is 5.75 Å². The molecule has 2 aliphatic heterocycles. The Kier molecular flexibility index (Phi) is 9.06. The molecule has 0 unspecified atom stereocenters. The minimum atomic E-state index is -0.650. The molecule has 0 bridgehead atoms. The highest BCUT2D eigenvalue weighted by Gasteiger charge is 2.33. The molecule has 0 N–H and O–H groups in total. The molecule has 3 heterocycles. The first kappa shape index (κ1) is 28.8. The van der Waals surface area contributed by atoms with Crippen molar-refractivity contribution in [2.45, 2.75) is 24.8 Å². The molecule has 0 radical (unpaired) electrons. The summed E-state index contributed by atoms with van der Waals surface area (Å²) in [6, 6.07) is 14.4. The number of carbonyl (C=O) groups excluding carboxylic acids is 2. The third kappa shape index (κ3) is 6.32. The average molecular weight is 594 g/mol. The van der Waals surface area contributed by atoms with Crippen LogP contribution in [0.15, 0.2) is 74.5 Å². The van der Waals surface area contributed by atoms with Gasteiger partial charge in [0.2, 0.25) is 0 Å². The Morgan fingerprint density at radius 2 is 1.83 bits per heavy atom. The molecule has 214 valence electrons. The monoisotopic (exact) mass is 593 g/mol. The molecule has 1 aromatic heterocycles. The molecular weight excluding hydrogens is 562 g/mol. The zero-order chi connectivity index (χ0) is 28.9. The Bertz CT molecular complexity index is 1640. The van der Waals surface area contributed by atoms with E-state index in [1.807, 2.05) is 42.7 Å². The molecule has 1 fully saturated rings. The fraction of sp³-hybridized carbons (Fsp3) is 0.333. The van der Waals surface area contributed by atoms with Crippen LogP contribution >= 0.6 is 23.1 Å². The molecule has 9 nitrogen and oxygen atoms in total. The summed E-state index contributed by atoms with van der Waals surface area (Å²) >= 11 is 2.89. The van der Waals surface area contributed by atoms with Crippen molar-refractivity contribution >= 4 is 41.1 Å². The summed E-state index contributed by atoms with van der Waals surface area (Å²) in [6.07, 6.45) is 3.79. The zero-order valence-electron chi connectivity index (χ0n) is 23.1. The molecule has 3 aromatic rings.